The van der Waals surface area contributed by atoms with Crippen molar-refractivity contribution < 1.29 is 9.59 Å². The normalized spacial score (nSPS) is 17.2. The van der Waals surface area contributed by atoms with Crippen LogP contribution in [-0.2, 0) is 11.2 Å². The second kappa shape index (κ2) is 7.26. The van der Waals surface area contributed by atoms with E-state index in [1.54, 1.807) is 11.0 Å². The van der Waals surface area contributed by atoms with Crippen LogP contribution in [0.4, 0.5) is 5.69 Å². The van der Waals surface area contributed by atoms with Crippen molar-refractivity contribution >= 4 is 23.2 Å². The number of rotatable bonds is 3. The zero-order valence-electron chi connectivity index (χ0n) is 16.6. The predicted octanol–water partition coefficient (Wildman–Crippen LogP) is 3.49. The van der Waals surface area contributed by atoms with Crippen LogP contribution in [0.2, 0.25) is 0 Å². The van der Waals surface area contributed by atoms with Crippen LogP contribution in [0.3, 0.4) is 0 Å². The van der Waals surface area contributed by atoms with E-state index < -0.39 is 6.17 Å². The molecule has 1 atom stereocenters. The van der Waals surface area contributed by atoms with Crippen molar-refractivity contribution in [2.45, 2.75) is 19.5 Å². The van der Waals surface area contributed by atoms with Crippen molar-refractivity contribution in [3.63, 3.8) is 0 Å². The van der Waals surface area contributed by atoms with Gasteiger partial charge in [0.25, 0.3) is 11.8 Å². The van der Waals surface area contributed by atoms with Gasteiger partial charge < -0.3 is 10.2 Å². The van der Waals surface area contributed by atoms with Gasteiger partial charge in [-0.1, -0.05) is 66.7 Å². The van der Waals surface area contributed by atoms with E-state index in [2.05, 4.69) is 11.4 Å². The first kappa shape index (κ1) is 18.3. The van der Waals surface area contributed by atoms with E-state index in [1.165, 1.54) is 0 Å². The quantitative estimate of drug-likeness (QED) is 0.738. The first-order chi connectivity index (χ1) is 14.6. The molecular formula is C25H21N3O2. The number of aryl methyl sites for hydroxylation is 1. The topological polar surface area (TPSA) is 61.8 Å². The first-order valence-corrected chi connectivity index (χ1v) is 10.1. The van der Waals surface area contributed by atoms with Gasteiger partial charge in [0, 0.05) is 23.2 Å². The molecule has 148 valence electrons. The lowest BCUT2D eigenvalue weighted by Crippen LogP contribution is -2.47. The third kappa shape index (κ3) is 2.99. The van der Waals surface area contributed by atoms with E-state index >= 15 is 0 Å². The molecule has 2 amide bonds. The average Bonchev–Trinajstić information content (AvgIpc) is 3.16. The number of nitrogens with zero attached hydrogens (tertiary/aromatic N) is 2. The fraction of sp³-hybridized carbons (Fsp3) is 0.160. The van der Waals surface area contributed by atoms with Crippen molar-refractivity contribution in [2.75, 3.05) is 11.4 Å². The molecule has 2 heterocycles. The lowest BCUT2D eigenvalue weighted by atomic mass is 9.98. The van der Waals surface area contributed by atoms with E-state index in [-0.39, 0.29) is 11.8 Å². The minimum absolute atomic E-state index is 0.200. The number of nitrogens with one attached hydrogen (secondary N) is 1. The summed E-state index contributed by atoms with van der Waals surface area (Å²) in [5.41, 5.74) is 6.02. The fourth-order valence-electron chi connectivity index (χ4n) is 4.22. The second-order valence-electron chi connectivity index (χ2n) is 7.59. The summed E-state index contributed by atoms with van der Waals surface area (Å²) in [5, 5.41) is 2.87. The molecule has 0 aromatic heterocycles. The molecule has 0 radical (unpaired) electrons. The molecule has 3 aromatic carbocycles. The molecule has 0 spiro atoms. The highest BCUT2D eigenvalue weighted by molar-refractivity contribution is 6.21. The zero-order valence-corrected chi connectivity index (χ0v) is 16.6. The molecule has 2 aliphatic heterocycles. The van der Waals surface area contributed by atoms with Gasteiger partial charge in [0.05, 0.1) is 11.4 Å². The van der Waals surface area contributed by atoms with Crippen LogP contribution in [0, 0.1) is 6.92 Å². The van der Waals surface area contributed by atoms with Crippen molar-refractivity contribution in [1.82, 2.24) is 5.32 Å². The first-order valence-electron chi connectivity index (χ1n) is 10.1. The maximum absolute atomic E-state index is 13.4. The molecule has 0 fully saturated rings. The highest BCUT2D eigenvalue weighted by Crippen LogP contribution is 2.36. The highest BCUT2D eigenvalue weighted by atomic mass is 16.2. The zero-order chi connectivity index (χ0) is 20.7. The summed E-state index contributed by atoms with van der Waals surface area (Å²) in [6, 6.07) is 23.2. The van der Waals surface area contributed by atoms with E-state index in [0.29, 0.717) is 12.1 Å². The standard InChI is InChI=1S/C25H21N3O2/c1-16-8-5-6-12-19(16)24(29)27-23-25(30)28-15-14-18-11-7-13-20(22(18)28)21(26-23)17-9-3-2-4-10-17/h2-13,23H,14-15H2,1H3,(H,27,29). The lowest BCUT2D eigenvalue weighted by molar-refractivity contribution is -0.120. The van der Waals surface area contributed by atoms with E-state index in [1.807, 2.05) is 67.6 Å². The van der Waals surface area contributed by atoms with Gasteiger partial charge in [-0.25, -0.2) is 4.99 Å². The number of aliphatic imine (C=N–C) groups is 1. The Morgan fingerprint density at radius 2 is 1.77 bits per heavy atom. The Morgan fingerprint density at radius 1 is 1.00 bits per heavy atom. The Kier molecular flexibility index (Phi) is 4.43. The Morgan fingerprint density at radius 3 is 2.57 bits per heavy atom. The molecule has 2 aliphatic rings. The largest absolute Gasteiger partial charge is 0.322 e. The summed E-state index contributed by atoms with van der Waals surface area (Å²) in [5.74, 6) is -0.498. The smallest absolute Gasteiger partial charge is 0.272 e. The molecule has 0 aliphatic carbocycles. The molecule has 1 unspecified atom stereocenters. The lowest BCUT2D eigenvalue weighted by Gasteiger charge is -2.21. The van der Waals surface area contributed by atoms with Gasteiger partial charge >= 0.3 is 0 Å². The van der Waals surface area contributed by atoms with Crippen molar-refractivity contribution in [3.05, 3.63) is 101 Å². The number of anilines is 1. The number of benzene rings is 3. The van der Waals surface area contributed by atoms with Gasteiger partial charge in [-0.3, -0.25) is 9.59 Å². The van der Waals surface area contributed by atoms with Gasteiger partial charge in [0.1, 0.15) is 0 Å². The molecular weight excluding hydrogens is 374 g/mol. The van der Waals surface area contributed by atoms with Gasteiger partial charge in [0.2, 0.25) is 6.17 Å². The van der Waals surface area contributed by atoms with Gasteiger partial charge in [-0.2, -0.15) is 0 Å². The number of hydrogen-bond acceptors (Lipinski definition) is 3. The maximum atomic E-state index is 13.4. The number of para-hydroxylation sites is 1. The average molecular weight is 395 g/mol. The summed E-state index contributed by atoms with van der Waals surface area (Å²) < 4.78 is 0. The van der Waals surface area contributed by atoms with E-state index in [9.17, 15) is 9.59 Å². The molecule has 5 nitrogen and oxygen atoms in total. The fourth-order valence-corrected chi connectivity index (χ4v) is 4.22. The van der Waals surface area contributed by atoms with Gasteiger partial charge in [-0.05, 0) is 30.5 Å². The van der Waals surface area contributed by atoms with Gasteiger partial charge in [-0.15, -0.1) is 0 Å². The third-order valence-electron chi connectivity index (χ3n) is 5.71. The number of carbonyl (C=O) groups excluding carboxylic acids is 2. The van der Waals surface area contributed by atoms with E-state index in [0.717, 1.165) is 40.1 Å². The number of hydrogen-bond donors (Lipinski definition) is 1. The molecule has 5 heteroatoms. The molecule has 1 N–H and O–H groups in total. The van der Waals surface area contributed by atoms with Crippen molar-refractivity contribution in [2.24, 2.45) is 4.99 Å². The summed E-state index contributed by atoms with van der Waals surface area (Å²) in [6.07, 6.45) is -0.180. The van der Waals surface area contributed by atoms with Crippen LogP contribution >= 0.6 is 0 Å². The summed E-state index contributed by atoms with van der Waals surface area (Å²) in [4.78, 5) is 32.9. The SMILES string of the molecule is Cc1ccccc1C(=O)NC1N=C(c2ccccc2)c2cccc3c2N(CC3)C1=O. The summed E-state index contributed by atoms with van der Waals surface area (Å²) >= 11 is 0. The Labute approximate surface area is 175 Å². The molecule has 0 saturated carbocycles. The van der Waals surface area contributed by atoms with Crippen LogP contribution in [0.25, 0.3) is 0 Å². The van der Waals surface area contributed by atoms with Crippen LogP contribution in [0.5, 0.6) is 0 Å². The summed E-state index contributed by atoms with van der Waals surface area (Å²) in [7, 11) is 0. The predicted molar refractivity (Wildman–Crippen MR) is 117 cm³/mol. The minimum Gasteiger partial charge on any atom is -0.322 e. The second-order valence-corrected chi connectivity index (χ2v) is 7.59. The van der Waals surface area contributed by atoms with Crippen molar-refractivity contribution in [3.8, 4) is 0 Å². The Balaban J connectivity index is 1.61. The minimum atomic E-state index is -0.981. The Hall–Kier alpha value is -3.73. The van der Waals surface area contributed by atoms with Crippen LogP contribution in [-0.4, -0.2) is 30.2 Å². The molecule has 0 bridgehead atoms. The van der Waals surface area contributed by atoms with Crippen molar-refractivity contribution in [1.29, 1.82) is 0 Å². The molecule has 5 rings (SSSR count). The highest BCUT2D eigenvalue weighted by Gasteiger charge is 2.37. The van der Waals surface area contributed by atoms with Crippen LogP contribution in [0.1, 0.15) is 32.6 Å². The van der Waals surface area contributed by atoms with Gasteiger partial charge in [0.15, 0.2) is 0 Å². The Bertz CT molecular complexity index is 1180. The molecule has 30 heavy (non-hydrogen) atoms. The molecule has 3 aromatic rings. The number of carbonyl (C=O) groups is 2. The maximum Gasteiger partial charge on any atom is 0.272 e. The molecule has 0 saturated heterocycles. The third-order valence-corrected chi connectivity index (χ3v) is 5.71. The van der Waals surface area contributed by atoms with E-state index in [4.69, 9.17) is 4.99 Å². The monoisotopic (exact) mass is 395 g/mol. The van der Waals surface area contributed by atoms with Crippen LogP contribution in [0.15, 0.2) is 77.8 Å². The summed E-state index contributed by atoms with van der Waals surface area (Å²) in [6.45, 7) is 2.48. The van der Waals surface area contributed by atoms with Crippen LogP contribution < -0.4 is 10.2 Å². The number of amides is 2.